The van der Waals surface area contributed by atoms with E-state index in [2.05, 4.69) is 30.8 Å². The summed E-state index contributed by atoms with van der Waals surface area (Å²) in [6, 6.07) is 2.34. The highest BCUT2D eigenvalue weighted by Gasteiger charge is 2.17. The fourth-order valence-corrected chi connectivity index (χ4v) is 2.55. The van der Waals surface area contributed by atoms with Gasteiger partial charge < -0.3 is 10.1 Å². The van der Waals surface area contributed by atoms with E-state index in [-0.39, 0.29) is 35.4 Å². The largest absolute Gasteiger partial charge is 0.382 e. The molecule has 0 aliphatic carbocycles. The van der Waals surface area contributed by atoms with Crippen molar-refractivity contribution in [3.05, 3.63) is 53.6 Å². The van der Waals surface area contributed by atoms with Crippen LogP contribution in [0.4, 0.5) is 19.0 Å². The third kappa shape index (κ3) is 4.69. The van der Waals surface area contributed by atoms with Crippen molar-refractivity contribution in [2.75, 3.05) is 19.0 Å². The third-order valence-corrected chi connectivity index (χ3v) is 3.83. The number of fused-ring (bicyclic) bond motifs is 1. The molecular formula is C18H17F3N6O2. The number of carbonyl (C=O) groups excluding carboxylic acids is 1. The van der Waals surface area contributed by atoms with Gasteiger partial charge in [-0.1, -0.05) is 0 Å². The quantitative estimate of drug-likeness (QED) is 0.446. The number of methoxy groups -OCH3 is 1. The minimum atomic E-state index is -1.16. The summed E-state index contributed by atoms with van der Waals surface area (Å²) in [7, 11) is 1.49. The highest BCUT2D eigenvalue weighted by molar-refractivity contribution is 6.11. The molecule has 152 valence electrons. The normalized spacial score (nSPS) is 12.8. The summed E-state index contributed by atoms with van der Waals surface area (Å²) in [4.78, 5) is 20.4. The molecule has 1 amide bonds. The van der Waals surface area contributed by atoms with Crippen LogP contribution in [0, 0.1) is 17.5 Å². The zero-order valence-electron chi connectivity index (χ0n) is 15.5. The SMILES string of the molecule is COC[C@H](C)N=C(NC(=O)c1ccc(F)c(F)c1)Nc1n[nH]c2cncc(F)c12. The lowest BCUT2D eigenvalue weighted by atomic mass is 10.2. The Kier molecular flexibility index (Phi) is 6.07. The molecule has 29 heavy (non-hydrogen) atoms. The lowest BCUT2D eigenvalue weighted by Gasteiger charge is -2.13. The Labute approximate surface area is 163 Å². The first-order valence-electron chi connectivity index (χ1n) is 8.46. The predicted molar refractivity (Wildman–Crippen MR) is 100 cm³/mol. The summed E-state index contributed by atoms with van der Waals surface area (Å²) in [5, 5.41) is 11.9. The number of nitrogens with one attached hydrogen (secondary N) is 3. The number of amides is 1. The Morgan fingerprint density at radius 1 is 1.24 bits per heavy atom. The number of halogens is 3. The molecule has 0 unspecified atom stereocenters. The lowest BCUT2D eigenvalue weighted by Crippen LogP contribution is -2.37. The molecule has 11 heteroatoms. The molecule has 1 atom stereocenters. The molecule has 0 aliphatic heterocycles. The number of ether oxygens (including phenoxy) is 1. The molecule has 2 heterocycles. The molecule has 0 saturated carbocycles. The van der Waals surface area contributed by atoms with Crippen LogP contribution >= 0.6 is 0 Å². The van der Waals surface area contributed by atoms with Crippen LogP contribution in [-0.4, -0.2) is 46.8 Å². The van der Waals surface area contributed by atoms with Crippen LogP contribution in [0.1, 0.15) is 17.3 Å². The smallest absolute Gasteiger partial charge is 0.258 e. The Morgan fingerprint density at radius 2 is 2.03 bits per heavy atom. The molecule has 0 radical (unpaired) electrons. The van der Waals surface area contributed by atoms with Crippen molar-refractivity contribution >= 4 is 28.6 Å². The maximum Gasteiger partial charge on any atom is 0.258 e. The number of hydrogen-bond acceptors (Lipinski definition) is 5. The Bertz CT molecular complexity index is 1070. The first-order valence-corrected chi connectivity index (χ1v) is 8.46. The first-order chi connectivity index (χ1) is 13.9. The summed E-state index contributed by atoms with van der Waals surface area (Å²) < 4.78 is 45.7. The van der Waals surface area contributed by atoms with E-state index in [0.717, 1.165) is 24.4 Å². The number of guanidine groups is 1. The van der Waals surface area contributed by atoms with E-state index in [9.17, 15) is 18.0 Å². The molecule has 0 saturated heterocycles. The zero-order chi connectivity index (χ0) is 21.0. The second-order valence-electron chi connectivity index (χ2n) is 6.11. The van der Waals surface area contributed by atoms with E-state index in [1.807, 2.05) is 0 Å². The van der Waals surface area contributed by atoms with E-state index in [0.29, 0.717) is 5.52 Å². The minimum Gasteiger partial charge on any atom is -0.382 e. The average molecular weight is 406 g/mol. The van der Waals surface area contributed by atoms with Gasteiger partial charge in [-0.15, -0.1) is 0 Å². The second kappa shape index (κ2) is 8.69. The summed E-state index contributed by atoms with van der Waals surface area (Å²) >= 11 is 0. The topological polar surface area (TPSA) is 104 Å². The molecular weight excluding hydrogens is 389 g/mol. The summed E-state index contributed by atoms with van der Waals surface area (Å²) in [5.41, 5.74) is 0.212. The van der Waals surface area contributed by atoms with Gasteiger partial charge in [-0.25, -0.2) is 18.2 Å². The third-order valence-electron chi connectivity index (χ3n) is 3.83. The fraction of sp³-hybridized carbons (Fsp3) is 0.222. The lowest BCUT2D eigenvalue weighted by molar-refractivity contribution is 0.0976. The van der Waals surface area contributed by atoms with Crippen LogP contribution in [0.2, 0.25) is 0 Å². The van der Waals surface area contributed by atoms with Gasteiger partial charge in [-0.2, -0.15) is 5.10 Å². The van der Waals surface area contributed by atoms with Crippen LogP contribution in [0.3, 0.4) is 0 Å². The molecule has 0 bridgehead atoms. The van der Waals surface area contributed by atoms with E-state index in [1.165, 1.54) is 13.3 Å². The molecule has 1 aromatic carbocycles. The van der Waals surface area contributed by atoms with Crippen molar-refractivity contribution in [3.8, 4) is 0 Å². The van der Waals surface area contributed by atoms with Gasteiger partial charge in [0.15, 0.2) is 23.3 Å². The number of rotatable bonds is 5. The summed E-state index contributed by atoms with van der Waals surface area (Å²) in [6.45, 7) is 1.97. The molecule has 3 N–H and O–H groups in total. The number of H-pyrrole nitrogens is 1. The molecule has 8 nitrogen and oxygen atoms in total. The van der Waals surface area contributed by atoms with Gasteiger partial charge in [-0.3, -0.25) is 20.2 Å². The number of hydrogen-bond donors (Lipinski definition) is 3. The monoisotopic (exact) mass is 406 g/mol. The molecule has 0 fully saturated rings. The Morgan fingerprint density at radius 3 is 2.76 bits per heavy atom. The second-order valence-corrected chi connectivity index (χ2v) is 6.11. The maximum atomic E-state index is 14.1. The molecule has 0 aliphatic rings. The number of carbonyl (C=O) groups is 1. The maximum absolute atomic E-state index is 14.1. The minimum absolute atomic E-state index is 0.0638. The van der Waals surface area contributed by atoms with E-state index in [1.54, 1.807) is 6.92 Å². The molecule has 2 aromatic heterocycles. The van der Waals surface area contributed by atoms with Crippen LogP contribution in [0.5, 0.6) is 0 Å². The number of pyridine rings is 1. The predicted octanol–water partition coefficient (Wildman–Crippen LogP) is 2.61. The van der Waals surface area contributed by atoms with Gasteiger partial charge >= 0.3 is 0 Å². The number of nitrogens with zero attached hydrogens (tertiary/aromatic N) is 3. The van der Waals surface area contributed by atoms with Crippen LogP contribution in [0.25, 0.3) is 10.9 Å². The number of aromatic amines is 1. The first kappa shape index (κ1) is 20.3. The van der Waals surface area contributed by atoms with Gasteiger partial charge in [0.2, 0.25) is 5.96 Å². The fourth-order valence-electron chi connectivity index (χ4n) is 2.55. The van der Waals surface area contributed by atoms with Crippen molar-refractivity contribution in [1.29, 1.82) is 0 Å². The van der Waals surface area contributed by atoms with Crippen molar-refractivity contribution in [2.45, 2.75) is 13.0 Å². The number of aliphatic imine (C=N–C) groups is 1. The van der Waals surface area contributed by atoms with Crippen molar-refractivity contribution in [2.24, 2.45) is 4.99 Å². The highest BCUT2D eigenvalue weighted by Crippen LogP contribution is 2.22. The number of benzene rings is 1. The van der Waals surface area contributed by atoms with Gasteiger partial charge in [0.1, 0.15) is 0 Å². The highest BCUT2D eigenvalue weighted by atomic mass is 19.2. The van der Waals surface area contributed by atoms with Gasteiger partial charge in [0.25, 0.3) is 5.91 Å². The van der Waals surface area contributed by atoms with E-state index >= 15 is 0 Å². The zero-order valence-corrected chi connectivity index (χ0v) is 15.5. The van der Waals surface area contributed by atoms with Crippen LogP contribution in [-0.2, 0) is 4.74 Å². The average Bonchev–Trinajstić information content (AvgIpc) is 3.08. The molecule has 3 aromatic rings. The number of anilines is 1. The van der Waals surface area contributed by atoms with Crippen molar-refractivity contribution in [1.82, 2.24) is 20.5 Å². The van der Waals surface area contributed by atoms with E-state index < -0.39 is 23.4 Å². The Balaban J connectivity index is 1.90. The standard InChI is InChI=1S/C18H17F3N6O2/c1-9(8-29-2)23-18(25-17(28)10-3-4-11(19)12(20)5-10)24-16-15-13(21)6-22-7-14(15)26-27-16/h3-7,9H,8H2,1-2H3,(H3,23,24,25,26,27,28)/t9-/m0/s1. The van der Waals surface area contributed by atoms with E-state index in [4.69, 9.17) is 4.74 Å². The molecule has 3 rings (SSSR count). The molecule has 0 spiro atoms. The Hall–Kier alpha value is -3.47. The number of aromatic nitrogens is 3. The van der Waals surface area contributed by atoms with Crippen molar-refractivity contribution < 1.29 is 22.7 Å². The summed E-state index contributed by atoms with van der Waals surface area (Å²) in [6.07, 6.45) is 2.41. The van der Waals surface area contributed by atoms with Crippen molar-refractivity contribution in [3.63, 3.8) is 0 Å². The van der Waals surface area contributed by atoms with Crippen LogP contribution in [0.15, 0.2) is 35.6 Å². The van der Waals surface area contributed by atoms with Gasteiger partial charge in [-0.05, 0) is 25.1 Å². The summed E-state index contributed by atoms with van der Waals surface area (Å²) in [5.74, 6) is -3.63. The van der Waals surface area contributed by atoms with Crippen LogP contribution < -0.4 is 10.6 Å². The van der Waals surface area contributed by atoms with Gasteiger partial charge in [0, 0.05) is 12.7 Å². The van der Waals surface area contributed by atoms with Gasteiger partial charge in [0.05, 0.1) is 35.9 Å².